The molecule has 0 aromatic heterocycles. The summed E-state index contributed by atoms with van der Waals surface area (Å²) in [7, 11) is 0. The highest BCUT2D eigenvalue weighted by atomic mass is 35.5. The molecule has 2 fully saturated rings. The maximum Gasteiger partial charge on any atom is 0.332 e. The highest BCUT2D eigenvalue weighted by Crippen LogP contribution is 2.31. The van der Waals surface area contributed by atoms with Gasteiger partial charge in [0, 0.05) is 17.6 Å². The standard InChI is InChI=1S/C16H18ClN3O3S/c1-24-9-14(21)18-11-6-7-19-13(8-11)15(22)20(16(19)23)12-4-2-10(17)3-5-12/h2-5,11,13H,6-9H2,1H3,(H,18,21)/t11-,13-/m0/s1. The van der Waals surface area contributed by atoms with Crippen LogP contribution in [0, 0.1) is 0 Å². The summed E-state index contributed by atoms with van der Waals surface area (Å²) < 4.78 is 0. The van der Waals surface area contributed by atoms with Crippen LogP contribution in [0.15, 0.2) is 24.3 Å². The number of rotatable bonds is 4. The van der Waals surface area contributed by atoms with Crippen LogP contribution in [-0.2, 0) is 9.59 Å². The number of benzene rings is 1. The topological polar surface area (TPSA) is 69.7 Å². The first kappa shape index (κ1) is 17.1. The van der Waals surface area contributed by atoms with Crippen molar-refractivity contribution in [1.29, 1.82) is 0 Å². The van der Waals surface area contributed by atoms with Crippen molar-refractivity contribution in [2.75, 3.05) is 23.5 Å². The maximum atomic E-state index is 12.7. The lowest BCUT2D eigenvalue weighted by Crippen LogP contribution is -2.50. The first-order valence-electron chi connectivity index (χ1n) is 7.69. The van der Waals surface area contributed by atoms with E-state index in [4.69, 9.17) is 11.6 Å². The van der Waals surface area contributed by atoms with Crippen molar-refractivity contribution in [2.24, 2.45) is 0 Å². The van der Waals surface area contributed by atoms with Gasteiger partial charge in [0.15, 0.2) is 0 Å². The van der Waals surface area contributed by atoms with Crippen LogP contribution in [0.2, 0.25) is 5.02 Å². The van der Waals surface area contributed by atoms with Gasteiger partial charge in [0.05, 0.1) is 11.4 Å². The molecular formula is C16H18ClN3O3S. The predicted molar refractivity (Wildman–Crippen MR) is 94.4 cm³/mol. The molecule has 4 amide bonds. The van der Waals surface area contributed by atoms with E-state index < -0.39 is 6.04 Å². The summed E-state index contributed by atoms with van der Waals surface area (Å²) in [5.41, 5.74) is 0.520. The first-order chi connectivity index (χ1) is 11.5. The molecule has 1 N–H and O–H groups in total. The molecule has 3 rings (SSSR count). The third-order valence-electron chi connectivity index (χ3n) is 4.27. The quantitative estimate of drug-likeness (QED) is 0.827. The second-order valence-corrected chi connectivity index (χ2v) is 7.17. The number of nitrogens with one attached hydrogen (secondary N) is 1. The van der Waals surface area contributed by atoms with Crippen LogP contribution in [-0.4, -0.2) is 53.4 Å². The molecule has 6 nitrogen and oxygen atoms in total. The van der Waals surface area contributed by atoms with Gasteiger partial charge in [-0.05, 0) is 43.4 Å². The Balaban J connectivity index is 1.73. The van der Waals surface area contributed by atoms with Crippen LogP contribution in [0.3, 0.4) is 0 Å². The molecule has 0 bridgehead atoms. The van der Waals surface area contributed by atoms with Gasteiger partial charge < -0.3 is 10.2 Å². The Bertz CT molecular complexity index is 667. The van der Waals surface area contributed by atoms with E-state index in [-0.39, 0.29) is 23.9 Å². The molecule has 8 heteroatoms. The molecule has 0 aliphatic carbocycles. The average molecular weight is 368 g/mol. The minimum absolute atomic E-state index is 0.0349. The number of carbonyl (C=O) groups is 3. The summed E-state index contributed by atoms with van der Waals surface area (Å²) in [5.74, 6) is 0.118. The summed E-state index contributed by atoms with van der Waals surface area (Å²) in [6.45, 7) is 0.462. The molecule has 1 aromatic carbocycles. The Kier molecular flexibility index (Phi) is 5.01. The molecule has 2 aliphatic heterocycles. The summed E-state index contributed by atoms with van der Waals surface area (Å²) in [5, 5.41) is 3.49. The molecule has 0 saturated carbocycles. The zero-order chi connectivity index (χ0) is 17.3. The Hall–Kier alpha value is -1.73. The third kappa shape index (κ3) is 3.23. The zero-order valence-electron chi connectivity index (χ0n) is 13.2. The lowest BCUT2D eigenvalue weighted by Gasteiger charge is -2.32. The SMILES string of the molecule is CSCC(=O)N[C@H]1CCN2C(=O)N(c3ccc(Cl)cc3)C(=O)[C@@H]2C1. The highest BCUT2D eigenvalue weighted by Gasteiger charge is 2.48. The second-order valence-electron chi connectivity index (χ2n) is 5.86. The number of thioether (sulfide) groups is 1. The molecule has 2 atom stereocenters. The average Bonchev–Trinajstić information content (AvgIpc) is 2.80. The van der Waals surface area contributed by atoms with Gasteiger partial charge in [0.1, 0.15) is 6.04 Å². The molecule has 2 aliphatic rings. The number of hydrogen-bond acceptors (Lipinski definition) is 4. The van der Waals surface area contributed by atoms with Gasteiger partial charge in [-0.2, -0.15) is 11.8 Å². The normalized spacial score (nSPS) is 23.4. The Morgan fingerprint density at radius 1 is 1.33 bits per heavy atom. The molecule has 128 valence electrons. The number of carbonyl (C=O) groups excluding carboxylic acids is 3. The fourth-order valence-electron chi connectivity index (χ4n) is 3.16. The predicted octanol–water partition coefficient (Wildman–Crippen LogP) is 2.12. The lowest BCUT2D eigenvalue weighted by molar-refractivity contribution is -0.123. The van der Waals surface area contributed by atoms with Crippen molar-refractivity contribution < 1.29 is 14.4 Å². The smallest absolute Gasteiger partial charge is 0.332 e. The number of halogens is 1. The minimum Gasteiger partial charge on any atom is -0.352 e. The van der Waals surface area contributed by atoms with E-state index in [0.29, 0.717) is 35.8 Å². The van der Waals surface area contributed by atoms with E-state index in [0.717, 1.165) is 0 Å². The second kappa shape index (κ2) is 7.03. The minimum atomic E-state index is -0.512. The number of nitrogens with zero attached hydrogens (tertiary/aromatic N) is 2. The van der Waals surface area contributed by atoms with E-state index in [1.165, 1.54) is 16.7 Å². The van der Waals surface area contributed by atoms with Gasteiger partial charge in [-0.3, -0.25) is 9.59 Å². The molecule has 0 spiro atoms. The fourth-order valence-corrected chi connectivity index (χ4v) is 3.63. The van der Waals surface area contributed by atoms with Gasteiger partial charge >= 0.3 is 6.03 Å². The van der Waals surface area contributed by atoms with Crippen LogP contribution >= 0.6 is 23.4 Å². The molecule has 24 heavy (non-hydrogen) atoms. The van der Waals surface area contributed by atoms with Crippen LogP contribution in [0.5, 0.6) is 0 Å². The number of hydrogen-bond donors (Lipinski definition) is 1. The first-order valence-corrected chi connectivity index (χ1v) is 9.47. The van der Waals surface area contributed by atoms with Gasteiger partial charge in [0.25, 0.3) is 5.91 Å². The zero-order valence-corrected chi connectivity index (χ0v) is 14.8. The fraction of sp³-hybridized carbons (Fsp3) is 0.438. The van der Waals surface area contributed by atoms with Crippen molar-refractivity contribution in [1.82, 2.24) is 10.2 Å². The van der Waals surface area contributed by atoms with Crippen LogP contribution in [0.1, 0.15) is 12.8 Å². The highest BCUT2D eigenvalue weighted by molar-refractivity contribution is 7.99. The Morgan fingerprint density at radius 3 is 2.71 bits per heavy atom. The van der Waals surface area contributed by atoms with Gasteiger partial charge in [-0.25, -0.2) is 9.69 Å². The van der Waals surface area contributed by atoms with E-state index >= 15 is 0 Å². The summed E-state index contributed by atoms with van der Waals surface area (Å²) in [4.78, 5) is 39.8. The number of amides is 4. The number of urea groups is 1. The van der Waals surface area contributed by atoms with E-state index in [1.807, 2.05) is 6.26 Å². The van der Waals surface area contributed by atoms with E-state index in [2.05, 4.69) is 5.32 Å². The van der Waals surface area contributed by atoms with Gasteiger partial charge in [-0.1, -0.05) is 11.6 Å². The number of anilines is 1. The Labute approximate surface area is 149 Å². The monoisotopic (exact) mass is 367 g/mol. The van der Waals surface area contributed by atoms with Crippen molar-refractivity contribution in [3.8, 4) is 0 Å². The number of piperidine rings is 1. The molecule has 2 heterocycles. The van der Waals surface area contributed by atoms with Gasteiger partial charge in [0.2, 0.25) is 5.91 Å². The van der Waals surface area contributed by atoms with E-state index in [1.54, 1.807) is 29.2 Å². The third-order valence-corrected chi connectivity index (χ3v) is 5.07. The van der Waals surface area contributed by atoms with Crippen LogP contribution in [0.4, 0.5) is 10.5 Å². The van der Waals surface area contributed by atoms with Crippen LogP contribution in [0.25, 0.3) is 0 Å². The number of fused-ring (bicyclic) bond motifs is 1. The van der Waals surface area contributed by atoms with Gasteiger partial charge in [-0.15, -0.1) is 0 Å². The van der Waals surface area contributed by atoms with Crippen molar-refractivity contribution in [3.63, 3.8) is 0 Å². The molecule has 0 unspecified atom stereocenters. The molecule has 2 saturated heterocycles. The lowest BCUT2D eigenvalue weighted by atomic mass is 9.98. The van der Waals surface area contributed by atoms with E-state index in [9.17, 15) is 14.4 Å². The largest absolute Gasteiger partial charge is 0.352 e. The van der Waals surface area contributed by atoms with Crippen molar-refractivity contribution in [3.05, 3.63) is 29.3 Å². The summed E-state index contributed by atoms with van der Waals surface area (Å²) in [6, 6.07) is 5.73. The molecular weight excluding hydrogens is 350 g/mol. The number of imide groups is 1. The van der Waals surface area contributed by atoms with Crippen molar-refractivity contribution in [2.45, 2.75) is 24.9 Å². The molecule has 0 radical (unpaired) electrons. The molecule has 1 aromatic rings. The maximum absolute atomic E-state index is 12.7. The van der Waals surface area contributed by atoms with Crippen molar-refractivity contribution >= 4 is 46.9 Å². The Morgan fingerprint density at radius 2 is 2.04 bits per heavy atom. The summed E-state index contributed by atoms with van der Waals surface area (Å²) >= 11 is 7.32. The summed E-state index contributed by atoms with van der Waals surface area (Å²) in [6.07, 6.45) is 2.98. The van der Waals surface area contributed by atoms with Crippen LogP contribution < -0.4 is 10.2 Å².